The highest BCUT2D eigenvalue weighted by Gasteiger charge is 2.30. The molecule has 1 amide bonds. The fraction of sp³-hybridized carbons (Fsp3) is 0.519. The number of hydrogen-bond donors (Lipinski definition) is 2. The lowest BCUT2D eigenvalue weighted by Crippen LogP contribution is -2.38. The third kappa shape index (κ3) is 4.74. The lowest BCUT2D eigenvalue weighted by Gasteiger charge is -2.31. The lowest BCUT2D eigenvalue weighted by atomic mass is 9.88. The summed E-state index contributed by atoms with van der Waals surface area (Å²) in [6, 6.07) is 7.51. The van der Waals surface area contributed by atoms with E-state index in [1.807, 2.05) is 12.3 Å². The molecule has 3 N–H and O–H groups in total. The maximum atomic E-state index is 12.4. The molecule has 2 aliphatic heterocycles. The zero-order valence-electron chi connectivity index (χ0n) is 21.3. The minimum atomic E-state index is -3.17. The summed E-state index contributed by atoms with van der Waals surface area (Å²) in [5.74, 6) is -0.0858. The van der Waals surface area contributed by atoms with E-state index < -0.39 is 15.9 Å². The number of nitrogens with two attached hydrogens (primary N) is 1. The number of fused-ring (bicyclic) bond motifs is 1. The molecule has 0 aliphatic carbocycles. The summed E-state index contributed by atoms with van der Waals surface area (Å²) in [6.07, 6.45) is 5.99. The summed E-state index contributed by atoms with van der Waals surface area (Å²) < 4.78 is 26.2. The molecule has 3 aromatic rings. The number of H-pyrrole nitrogens is 1. The van der Waals surface area contributed by atoms with Gasteiger partial charge in [0.05, 0.1) is 16.8 Å². The molecule has 7 nitrogen and oxygen atoms in total. The molecule has 2 atom stereocenters. The normalized spacial score (nSPS) is 22.5. The van der Waals surface area contributed by atoms with Crippen LogP contribution in [0.15, 0.2) is 29.8 Å². The summed E-state index contributed by atoms with van der Waals surface area (Å²) >= 11 is 1.77. The van der Waals surface area contributed by atoms with E-state index in [-0.39, 0.29) is 11.7 Å². The van der Waals surface area contributed by atoms with Crippen LogP contribution in [0.5, 0.6) is 0 Å². The largest absolute Gasteiger partial charge is 0.366 e. The average molecular weight is 529 g/mol. The van der Waals surface area contributed by atoms with Crippen LogP contribution in [0.2, 0.25) is 0 Å². The molecule has 194 valence electrons. The number of carbonyl (C=O) groups is 1. The van der Waals surface area contributed by atoms with E-state index in [0.29, 0.717) is 30.7 Å². The van der Waals surface area contributed by atoms with Gasteiger partial charge in [0.15, 0.2) is 0 Å². The van der Waals surface area contributed by atoms with E-state index in [1.54, 1.807) is 22.6 Å². The number of aromatic amines is 1. The molecule has 1 aromatic carbocycles. The van der Waals surface area contributed by atoms with Crippen LogP contribution in [0.1, 0.15) is 73.2 Å². The quantitative estimate of drug-likeness (QED) is 0.456. The van der Waals surface area contributed by atoms with Crippen LogP contribution in [-0.4, -0.2) is 59.4 Å². The summed E-state index contributed by atoms with van der Waals surface area (Å²) in [6.45, 7) is 8.30. The topological polar surface area (TPSA) is 99.5 Å². The first-order valence-electron chi connectivity index (χ1n) is 12.9. The van der Waals surface area contributed by atoms with Crippen molar-refractivity contribution in [2.75, 3.05) is 18.8 Å². The summed E-state index contributed by atoms with van der Waals surface area (Å²) in [7, 11) is -3.17. The van der Waals surface area contributed by atoms with Gasteiger partial charge in [-0.05, 0) is 92.6 Å². The number of nitrogens with zero attached hydrogens (tertiary/aromatic N) is 2. The molecule has 0 spiro atoms. The zero-order valence-corrected chi connectivity index (χ0v) is 22.9. The van der Waals surface area contributed by atoms with Gasteiger partial charge in [-0.2, -0.15) is 0 Å². The van der Waals surface area contributed by atoms with Gasteiger partial charge in [0.2, 0.25) is 10.0 Å². The molecule has 4 heterocycles. The Labute approximate surface area is 217 Å². The molecular weight excluding hydrogens is 492 g/mol. The monoisotopic (exact) mass is 528 g/mol. The number of aromatic nitrogens is 1. The van der Waals surface area contributed by atoms with Crippen molar-refractivity contribution in [1.82, 2.24) is 14.2 Å². The molecule has 0 bridgehead atoms. The number of sulfonamides is 1. The zero-order chi connectivity index (χ0) is 25.6. The second kappa shape index (κ2) is 9.93. The third-order valence-electron chi connectivity index (χ3n) is 8.20. The number of carbonyl (C=O) groups excluding carboxylic acids is 1. The smallest absolute Gasteiger partial charge is 0.250 e. The fourth-order valence-corrected chi connectivity index (χ4v) is 7.97. The van der Waals surface area contributed by atoms with E-state index in [9.17, 15) is 13.2 Å². The third-order valence-corrected chi connectivity index (χ3v) is 11.0. The Hall–Kier alpha value is -2.20. The van der Waals surface area contributed by atoms with Crippen molar-refractivity contribution in [3.8, 4) is 11.1 Å². The van der Waals surface area contributed by atoms with Gasteiger partial charge >= 0.3 is 0 Å². The maximum absolute atomic E-state index is 12.4. The van der Waals surface area contributed by atoms with E-state index >= 15 is 0 Å². The van der Waals surface area contributed by atoms with Crippen LogP contribution >= 0.6 is 11.3 Å². The Bertz CT molecular complexity index is 1360. The number of rotatable bonds is 7. The molecule has 2 aliphatic rings. The van der Waals surface area contributed by atoms with Crippen molar-refractivity contribution >= 4 is 38.2 Å². The second-order valence-corrected chi connectivity index (χ2v) is 13.6. The number of hydrogen-bond acceptors (Lipinski definition) is 5. The standard InChI is InChI=1S/C27H36N4O3S2/c1-4-36(33,34)30-9-7-19(8-10-30)25-14-29-26-23(25)12-20(13-24(26)27(28)32)21-11-22(35-16-21)15-31-17(2)5-6-18(31)3/h11-14,16-19,29H,4-10,15H2,1-3H3,(H2,28,32)/t17-,18?/m1/s1. The Morgan fingerprint density at radius 3 is 2.42 bits per heavy atom. The van der Waals surface area contributed by atoms with Crippen LogP contribution < -0.4 is 5.73 Å². The molecule has 5 rings (SSSR count). The average Bonchev–Trinajstić information content (AvgIpc) is 3.59. The molecule has 36 heavy (non-hydrogen) atoms. The summed E-state index contributed by atoms with van der Waals surface area (Å²) in [5.41, 5.74) is 10.3. The predicted molar refractivity (Wildman–Crippen MR) is 147 cm³/mol. The van der Waals surface area contributed by atoms with Gasteiger partial charge in [0.25, 0.3) is 5.91 Å². The van der Waals surface area contributed by atoms with E-state index in [0.717, 1.165) is 47.0 Å². The van der Waals surface area contributed by atoms with E-state index in [1.165, 1.54) is 17.7 Å². The minimum absolute atomic E-state index is 0.133. The molecule has 9 heteroatoms. The van der Waals surface area contributed by atoms with Crippen molar-refractivity contribution in [3.63, 3.8) is 0 Å². The molecule has 1 unspecified atom stereocenters. The Morgan fingerprint density at radius 2 is 1.78 bits per heavy atom. The highest BCUT2D eigenvalue weighted by Crippen LogP contribution is 2.38. The highest BCUT2D eigenvalue weighted by atomic mass is 32.2. The molecule has 2 fully saturated rings. The SMILES string of the molecule is CCS(=O)(=O)N1CCC(c2c[nH]c3c(C(N)=O)cc(-c4csc(CN5C(C)CC[C@H]5C)c4)cc23)CC1. The van der Waals surface area contributed by atoms with Crippen molar-refractivity contribution in [3.05, 3.63) is 45.8 Å². The van der Waals surface area contributed by atoms with Crippen molar-refractivity contribution in [2.45, 2.75) is 71.0 Å². The van der Waals surface area contributed by atoms with E-state index in [4.69, 9.17) is 5.73 Å². The number of amides is 1. The van der Waals surface area contributed by atoms with Gasteiger partial charge in [0.1, 0.15) is 0 Å². The van der Waals surface area contributed by atoms with Crippen molar-refractivity contribution < 1.29 is 13.2 Å². The number of nitrogens with one attached hydrogen (secondary N) is 1. The Kier molecular flexibility index (Phi) is 7.02. The number of thiophene rings is 1. The van der Waals surface area contributed by atoms with Gasteiger partial charge in [-0.15, -0.1) is 11.3 Å². The van der Waals surface area contributed by atoms with Gasteiger partial charge < -0.3 is 10.7 Å². The van der Waals surface area contributed by atoms with Gasteiger partial charge in [0, 0.05) is 48.2 Å². The summed E-state index contributed by atoms with van der Waals surface area (Å²) in [5, 5.41) is 3.18. The Morgan fingerprint density at radius 1 is 1.08 bits per heavy atom. The molecule has 2 aromatic heterocycles. The van der Waals surface area contributed by atoms with Gasteiger partial charge in [-0.1, -0.05) is 0 Å². The van der Waals surface area contributed by atoms with Crippen molar-refractivity contribution in [1.29, 1.82) is 0 Å². The fourth-order valence-electron chi connectivity index (χ4n) is 5.93. The van der Waals surface area contributed by atoms with Crippen LogP contribution in [0.4, 0.5) is 0 Å². The second-order valence-electron chi connectivity index (χ2n) is 10.4. The molecule has 0 saturated carbocycles. The van der Waals surface area contributed by atoms with Gasteiger partial charge in [-0.3, -0.25) is 9.69 Å². The van der Waals surface area contributed by atoms with Crippen LogP contribution in [0.3, 0.4) is 0 Å². The van der Waals surface area contributed by atoms with Crippen LogP contribution in [-0.2, 0) is 16.6 Å². The van der Waals surface area contributed by atoms with Crippen LogP contribution in [0.25, 0.3) is 22.0 Å². The lowest BCUT2D eigenvalue weighted by molar-refractivity contribution is 0.100. The molecular formula is C27H36N4O3S2. The first-order chi connectivity index (χ1) is 17.2. The minimum Gasteiger partial charge on any atom is -0.366 e. The number of primary amides is 1. The summed E-state index contributed by atoms with van der Waals surface area (Å²) in [4.78, 5) is 19.6. The predicted octanol–water partition coefficient (Wildman–Crippen LogP) is 4.90. The first kappa shape index (κ1) is 25.4. The molecule has 0 radical (unpaired) electrons. The van der Waals surface area contributed by atoms with Crippen molar-refractivity contribution in [2.24, 2.45) is 5.73 Å². The number of piperidine rings is 1. The number of benzene rings is 1. The Balaban J connectivity index is 1.45. The number of likely N-dealkylation sites (tertiary alicyclic amines) is 1. The van der Waals surface area contributed by atoms with Gasteiger partial charge in [-0.25, -0.2) is 12.7 Å². The maximum Gasteiger partial charge on any atom is 0.250 e. The molecule has 2 saturated heterocycles. The highest BCUT2D eigenvalue weighted by molar-refractivity contribution is 7.89. The van der Waals surface area contributed by atoms with Crippen LogP contribution in [0, 0.1) is 0 Å². The van der Waals surface area contributed by atoms with E-state index in [2.05, 4.69) is 41.2 Å². The first-order valence-corrected chi connectivity index (χ1v) is 15.4.